The maximum atomic E-state index is 12.4. The SMILES string of the molecule is CC(C)C(=O)NN1C(=O)N[C@](C)(c2ccccc2)C1=O. The summed E-state index contributed by atoms with van der Waals surface area (Å²) in [5.41, 5.74) is 1.84. The molecule has 6 heteroatoms. The minimum absolute atomic E-state index is 0.320. The van der Waals surface area contributed by atoms with E-state index in [1.54, 1.807) is 45.0 Å². The topological polar surface area (TPSA) is 78.5 Å². The summed E-state index contributed by atoms with van der Waals surface area (Å²) < 4.78 is 0. The molecule has 6 nitrogen and oxygen atoms in total. The number of hydrogen-bond acceptors (Lipinski definition) is 3. The summed E-state index contributed by atoms with van der Waals surface area (Å²) in [7, 11) is 0. The average molecular weight is 275 g/mol. The van der Waals surface area contributed by atoms with E-state index in [-0.39, 0.29) is 11.8 Å². The highest BCUT2D eigenvalue weighted by Gasteiger charge is 2.49. The maximum absolute atomic E-state index is 12.4. The first-order chi connectivity index (χ1) is 9.36. The minimum Gasteiger partial charge on any atom is -0.318 e. The fourth-order valence-electron chi connectivity index (χ4n) is 1.95. The second kappa shape index (κ2) is 4.96. The van der Waals surface area contributed by atoms with E-state index in [9.17, 15) is 14.4 Å². The van der Waals surface area contributed by atoms with Gasteiger partial charge in [-0.25, -0.2) is 4.79 Å². The van der Waals surface area contributed by atoms with Gasteiger partial charge in [0.15, 0.2) is 0 Å². The number of carbonyl (C=O) groups excluding carboxylic acids is 3. The summed E-state index contributed by atoms with van der Waals surface area (Å²) in [6.45, 7) is 4.98. The average Bonchev–Trinajstić information content (AvgIpc) is 2.64. The first kappa shape index (κ1) is 14.0. The monoisotopic (exact) mass is 275 g/mol. The van der Waals surface area contributed by atoms with Crippen LogP contribution < -0.4 is 10.7 Å². The lowest BCUT2D eigenvalue weighted by molar-refractivity contribution is -0.140. The second-order valence-corrected chi connectivity index (χ2v) is 5.19. The van der Waals surface area contributed by atoms with Gasteiger partial charge >= 0.3 is 6.03 Å². The molecule has 0 unspecified atom stereocenters. The predicted molar refractivity (Wildman–Crippen MR) is 72.2 cm³/mol. The fraction of sp³-hybridized carbons (Fsp3) is 0.357. The Balaban J connectivity index is 2.27. The third-order valence-corrected chi connectivity index (χ3v) is 3.29. The van der Waals surface area contributed by atoms with Crippen LogP contribution >= 0.6 is 0 Å². The molecular weight excluding hydrogens is 258 g/mol. The zero-order valence-corrected chi connectivity index (χ0v) is 11.6. The number of nitrogens with one attached hydrogen (secondary N) is 2. The van der Waals surface area contributed by atoms with Gasteiger partial charge in [0, 0.05) is 5.92 Å². The van der Waals surface area contributed by atoms with Crippen molar-refractivity contribution in [2.24, 2.45) is 5.92 Å². The van der Waals surface area contributed by atoms with E-state index in [1.165, 1.54) is 0 Å². The Morgan fingerprint density at radius 3 is 2.40 bits per heavy atom. The van der Waals surface area contributed by atoms with Crippen molar-refractivity contribution in [2.75, 3.05) is 0 Å². The van der Waals surface area contributed by atoms with Crippen LogP contribution in [0.4, 0.5) is 4.79 Å². The van der Waals surface area contributed by atoms with Crippen molar-refractivity contribution >= 4 is 17.8 Å². The second-order valence-electron chi connectivity index (χ2n) is 5.19. The highest BCUT2D eigenvalue weighted by atomic mass is 16.2. The van der Waals surface area contributed by atoms with Crippen molar-refractivity contribution in [3.63, 3.8) is 0 Å². The summed E-state index contributed by atoms with van der Waals surface area (Å²) in [6.07, 6.45) is 0. The number of benzene rings is 1. The van der Waals surface area contributed by atoms with E-state index in [1.807, 2.05) is 6.07 Å². The molecule has 4 amide bonds. The van der Waals surface area contributed by atoms with Crippen molar-refractivity contribution in [1.82, 2.24) is 15.8 Å². The fourth-order valence-corrected chi connectivity index (χ4v) is 1.95. The molecule has 2 rings (SSSR count). The van der Waals surface area contributed by atoms with Gasteiger partial charge in [0.25, 0.3) is 5.91 Å². The smallest absolute Gasteiger partial charge is 0.318 e. The summed E-state index contributed by atoms with van der Waals surface area (Å²) in [5.74, 6) is -1.20. The third-order valence-electron chi connectivity index (χ3n) is 3.29. The number of urea groups is 1. The van der Waals surface area contributed by atoms with E-state index in [0.29, 0.717) is 5.56 Å². The Morgan fingerprint density at radius 1 is 1.25 bits per heavy atom. The highest BCUT2D eigenvalue weighted by molar-refractivity contribution is 6.08. The summed E-state index contributed by atoms with van der Waals surface area (Å²) in [5, 5.41) is 3.36. The van der Waals surface area contributed by atoms with Crippen LogP contribution in [0.1, 0.15) is 26.3 Å². The summed E-state index contributed by atoms with van der Waals surface area (Å²) in [4.78, 5) is 36.0. The van der Waals surface area contributed by atoms with E-state index in [4.69, 9.17) is 0 Å². The number of hydrazine groups is 1. The van der Waals surface area contributed by atoms with Crippen LogP contribution in [0.25, 0.3) is 0 Å². The summed E-state index contributed by atoms with van der Waals surface area (Å²) in [6, 6.07) is 8.28. The van der Waals surface area contributed by atoms with Gasteiger partial charge in [-0.1, -0.05) is 44.2 Å². The zero-order chi connectivity index (χ0) is 14.9. The normalized spacial score (nSPS) is 22.1. The Labute approximate surface area is 117 Å². The number of imide groups is 1. The molecule has 0 aromatic heterocycles. The molecule has 1 aromatic rings. The van der Waals surface area contributed by atoms with Crippen molar-refractivity contribution in [1.29, 1.82) is 0 Å². The van der Waals surface area contributed by atoms with Gasteiger partial charge in [0.2, 0.25) is 5.91 Å². The zero-order valence-electron chi connectivity index (χ0n) is 11.6. The van der Waals surface area contributed by atoms with Crippen molar-refractivity contribution in [2.45, 2.75) is 26.3 Å². The molecule has 0 saturated carbocycles. The Morgan fingerprint density at radius 2 is 1.85 bits per heavy atom. The van der Waals surface area contributed by atoms with Gasteiger partial charge in [-0.3, -0.25) is 15.0 Å². The number of nitrogens with zero attached hydrogens (tertiary/aromatic N) is 1. The van der Waals surface area contributed by atoms with Crippen LogP contribution in [0, 0.1) is 5.92 Å². The molecule has 1 atom stereocenters. The minimum atomic E-state index is -1.16. The van der Waals surface area contributed by atoms with Crippen LogP contribution in [0.3, 0.4) is 0 Å². The molecule has 2 N–H and O–H groups in total. The molecule has 0 aliphatic carbocycles. The van der Waals surface area contributed by atoms with Crippen LogP contribution in [0.5, 0.6) is 0 Å². The molecule has 1 saturated heterocycles. The standard InChI is InChI=1S/C14H17N3O3/c1-9(2)11(18)16-17-12(19)14(3,15-13(17)20)10-7-5-4-6-8-10/h4-9H,1-3H3,(H,15,20)(H,16,18)/t14-/m1/s1. The molecule has 1 aromatic carbocycles. The number of carbonyl (C=O) groups is 3. The van der Waals surface area contributed by atoms with Gasteiger partial charge in [0.1, 0.15) is 5.54 Å². The molecule has 1 heterocycles. The van der Waals surface area contributed by atoms with Gasteiger partial charge in [-0.05, 0) is 12.5 Å². The lowest BCUT2D eigenvalue weighted by Crippen LogP contribution is -2.49. The Kier molecular flexibility index (Phi) is 3.48. The van der Waals surface area contributed by atoms with E-state index < -0.39 is 17.5 Å². The predicted octanol–water partition coefficient (Wildman–Crippen LogP) is 1.14. The Bertz CT molecular complexity index is 556. The molecule has 0 bridgehead atoms. The Hall–Kier alpha value is -2.37. The van der Waals surface area contributed by atoms with Gasteiger partial charge in [-0.2, -0.15) is 5.01 Å². The largest absolute Gasteiger partial charge is 0.344 e. The summed E-state index contributed by atoms with van der Waals surface area (Å²) >= 11 is 0. The maximum Gasteiger partial charge on any atom is 0.344 e. The highest BCUT2D eigenvalue weighted by Crippen LogP contribution is 2.27. The molecule has 1 aliphatic heterocycles. The van der Waals surface area contributed by atoms with Crippen LogP contribution in [0.15, 0.2) is 30.3 Å². The van der Waals surface area contributed by atoms with Gasteiger partial charge < -0.3 is 5.32 Å². The third kappa shape index (κ3) is 2.24. The number of amides is 4. The lowest BCUT2D eigenvalue weighted by Gasteiger charge is -2.22. The lowest BCUT2D eigenvalue weighted by atomic mass is 9.92. The molecule has 1 fully saturated rings. The quantitative estimate of drug-likeness (QED) is 0.812. The molecular formula is C14H17N3O3. The van der Waals surface area contributed by atoms with E-state index in [2.05, 4.69) is 10.7 Å². The first-order valence-electron chi connectivity index (χ1n) is 6.39. The molecule has 0 spiro atoms. The van der Waals surface area contributed by atoms with Crippen molar-refractivity contribution in [3.8, 4) is 0 Å². The van der Waals surface area contributed by atoms with Crippen LogP contribution in [0.2, 0.25) is 0 Å². The van der Waals surface area contributed by atoms with Gasteiger partial charge in [-0.15, -0.1) is 0 Å². The van der Waals surface area contributed by atoms with E-state index in [0.717, 1.165) is 5.01 Å². The van der Waals surface area contributed by atoms with Crippen molar-refractivity contribution in [3.05, 3.63) is 35.9 Å². The van der Waals surface area contributed by atoms with Crippen molar-refractivity contribution < 1.29 is 14.4 Å². The van der Waals surface area contributed by atoms with E-state index >= 15 is 0 Å². The van der Waals surface area contributed by atoms with Crippen LogP contribution in [-0.2, 0) is 15.1 Å². The molecule has 20 heavy (non-hydrogen) atoms. The molecule has 1 aliphatic rings. The molecule has 106 valence electrons. The van der Waals surface area contributed by atoms with Gasteiger partial charge in [0.05, 0.1) is 0 Å². The molecule has 0 radical (unpaired) electrons. The first-order valence-corrected chi connectivity index (χ1v) is 6.39. The number of rotatable bonds is 3. The number of hydrogen-bond donors (Lipinski definition) is 2. The van der Waals surface area contributed by atoms with Crippen LogP contribution in [-0.4, -0.2) is 22.9 Å².